The minimum Gasteiger partial charge on any atom is -0.504 e. The molecular formula is C15H14BrNO4S. The molecule has 5 nitrogen and oxygen atoms in total. The van der Waals surface area contributed by atoms with Crippen molar-refractivity contribution in [2.45, 2.75) is 6.54 Å². The standard InChI is InChI=1S/C15H14BrNO4S/c1-17(5-11-7-22-8-12(11)16)15(20)9-3-10(6-18)14(19)13(4-9)21-2/h3-4,6-8,19H,5H2,1-2H3. The van der Waals surface area contributed by atoms with Crippen LogP contribution in [0.1, 0.15) is 26.3 Å². The van der Waals surface area contributed by atoms with E-state index in [-0.39, 0.29) is 28.5 Å². The van der Waals surface area contributed by atoms with Gasteiger partial charge in [-0.25, -0.2) is 0 Å². The number of halogens is 1. The quantitative estimate of drug-likeness (QED) is 0.804. The van der Waals surface area contributed by atoms with Crippen LogP contribution in [0.3, 0.4) is 0 Å². The summed E-state index contributed by atoms with van der Waals surface area (Å²) in [6.07, 6.45) is 0.490. The second-order valence-electron chi connectivity index (χ2n) is 4.64. The van der Waals surface area contributed by atoms with Gasteiger partial charge in [0.25, 0.3) is 5.91 Å². The van der Waals surface area contributed by atoms with Gasteiger partial charge in [-0.3, -0.25) is 9.59 Å². The minimum absolute atomic E-state index is 0.0211. The maximum atomic E-state index is 12.5. The maximum Gasteiger partial charge on any atom is 0.254 e. The molecule has 0 radical (unpaired) electrons. The second kappa shape index (κ2) is 6.93. The molecule has 116 valence electrons. The van der Waals surface area contributed by atoms with E-state index in [2.05, 4.69) is 15.9 Å². The number of aldehydes is 1. The number of aromatic hydroxyl groups is 1. The van der Waals surface area contributed by atoms with Gasteiger partial charge in [-0.1, -0.05) is 0 Å². The molecule has 0 aliphatic heterocycles. The van der Waals surface area contributed by atoms with E-state index in [9.17, 15) is 14.7 Å². The average molecular weight is 384 g/mol. The SMILES string of the molecule is COc1cc(C(=O)N(C)Cc2cscc2Br)cc(C=O)c1O. The number of thiophene rings is 1. The van der Waals surface area contributed by atoms with Gasteiger partial charge in [-0.15, -0.1) is 0 Å². The Morgan fingerprint density at radius 3 is 2.73 bits per heavy atom. The van der Waals surface area contributed by atoms with Crippen molar-refractivity contribution in [2.24, 2.45) is 0 Å². The summed E-state index contributed by atoms with van der Waals surface area (Å²) >= 11 is 4.97. The molecule has 0 spiro atoms. The van der Waals surface area contributed by atoms with Crippen LogP contribution in [0.2, 0.25) is 0 Å². The summed E-state index contributed by atoms with van der Waals surface area (Å²) < 4.78 is 5.95. The van der Waals surface area contributed by atoms with E-state index in [1.807, 2.05) is 10.8 Å². The molecule has 7 heteroatoms. The van der Waals surface area contributed by atoms with Gasteiger partial charge in [0.1, 0.15) is 0 Å². The van der Waals surface area contributed by atoms with E-state index in [1.54, 1.807) is 18.4 Å². The monoisotopic (exact) mass is 383 g/mol. The number of amides is 1. The van der Waals surface area contributed by atoms with Crippen LogP contribution >= 0.6 is 27.3 Å². The summed E-state index contributed by atoms with van der Waals surface area (Å²) in [4.78, 5) is 25.0. The third-order valence-electron chi connectivity index (χ3n) is 3.14. The van der Waals surface area contributed by atoms with Crippen molar-refractivity contribution in [3.05, 3.63) is 44.1 Å². The lowest BCUT2D eigenvalue weighted by atomic mass is 10.1. The molecule has 1 aromatic heterocycles. The number of ether oxygens (including phenoxy) is 1. The predicted octanol–water partition coefficient (Wildman–Crippen LogP) is 3.31. The van der Waals surface area contributed by atoms with E-state index >= 15 is 0 Å². The molecule has 0 saturated carbocycles. The molecule has 0 unspecified atom stereocenters. The van der Waals surface area contributed by atoms with Crippen LogP contribution in [-0.2, 0) is 6.54 Å². The van der Waals surface area contributed by atoms with Crippen LogP contribution < -0.4 is 4.74 Å². The van der Waals surface area contributed by atoms with Crippen LogP contribution in [0, 0.1) is 0 Å². The lowest BCUT2D eigenvalue weighted by Crippen LogP contribution is -2.26. The number of methoxy groups -OCH3 is 1. The third-order valence-corrected chi connectivity index (χ3v) is 4.97. The first-order valence-electron chi connectivity index (χ1n) is 6.30. The fourth-order valence-electron chi connectivity index (χ4n) is 1.97. The van der Waals surface area contributed by atoms with Crippen molar-refractivity contribution in [1.82, 2.24) is 4.90 Å². The molecule has 0 bridgehead atoms. The number of phenolic OH excluding ortho intramolecular Hbond substituents is 1. The van der Waals surface area contributed by atoms with Gasteiger partial charge in [-0.2, -0.15) is 11.3 Å². The molecule has 1 amide bonds. The van der Waals surface area contributed by atoms with Crippen LogP contribution in [-0.4, -0.2) is 36.4 Å². The highest BCUT2D eigenvalue weighted by atomic mass is 79.9. The van der Waals surface area contributed by atoms with Crippen molar-refractivity contribution in [3.8, 4) is 11.5 Å². The van der Waals surface area contributed by atoms with E-state index in [4.69, 9.17) is 4.74 Å². The highest BCUT2D eigenvalue weighted by molar-refractivity contribution is 9.10. The third kappa shape index (κ3) is 3.31. The van der Waals surface area contributed by atoms with Crippen molar-refractivity contribution in [1.29, 1.82) is 0 Å². The first-order valence-corrected chi connectivity index (χ1v) is 8.03. The summed E-state index contributed by atoms with van der Waals surface area (Å²) in [6, 6.07) is 2.77. The summed E-state index contributed by atoms with van der Waals surface area (Å²) in [7, 11) is 3.04. The first-order chi connectivity index (χ1) is 10.5. The van der Waals surface area contributed by atoms with Gasteiger partial charge in [0, 0.05) is 29.0 Å². The normalized spacial score (nSPS) is 10.3. The molecule has 1 heterocycles. The fraction of sp³-hybridized carbons (Fsp3) is 0.200. The lowest BCUT2D eigenvalue weighted by Gasteiger charge is -2.18. The van der Waals surface area contributed by atoms with Crippen molar-refractivity contribution >= 4 is 39.5 Å². The Hall–Kier alpha value is -1.86. The van der Waals surface area contributed by atoms with Crippen molar-refractivity contribution in [3.63, 3.8) is 0 Å². The van der Waals surface area contributed by atoms with Crippen LogP contribution in [0.25, 0.3) is 0 Å². The zero-order valence-electron chi connectivity index (χ0n) is 12.0. The molecule has 2 rings (SSSR count). The number of carbonyl (C=O) groups is 2. The molecule has 0 aliphatic carbocycles. The Balaban J connectivity index is 2.28. The van der Waals surface area contributed by atoms with Crippen LogP contribution in [0.15, 0.2) is 27.4 Å². The molecule has 0 fully saturated rings. The summed E-state index contributed by atoms with van der Waals surface area (Å²) in [6.45, 7) is 0.433. The Morgan fingerprint density at radius 2 is 2.18 bits per heavy atom. The van der Waals surface area contributed by atoms with Gasteiger partial charge in [-0.05, 0) is 39.0 Å². The second-order valence-corrected chi connectivity index (χ2v) is 6.24. The maximum absolute atomic E-state index is 12.5. The Labute approximate surface area is 140 Å². The zero-order valence-corrected chi connectivity index (χ0v) is 14.4. The summed E-state index contributed by atoms with van der Waals surface area (Å²) in [5.41, 5.74) is 1.31. The number of benzene rings is 1. The predicted molar refractivity (Wildman–Crippen MR) is 87.9 cm³/mol. The molecule has 0 atom stereocenters. The highest BCUT2D eigenvalue weighted by Crippen LogP contribution is 2.31. The summed E-state index contributed by atoms with van der Waals surface area (Å²) in [5, 5.41) is 13.7. The topological polar surface area (TPSA) is 66.8 Å². The highest BCUT2D eigenvalue weighted by Gasteiger charge is 2.18. The molecule has 1 aromatic carbocycles. The number of nitrogens with zero attached hydrogens (tertiary/aromatic N) is 1. The Kier molecular flexibility index (Phi) is 5.20. The number of hydrogen-bond acceptors (Lipinski definition) is 5. The van der Waals surface area contributed by atoms with Gasteiger partial charge < -0.3 is 14.7 Å². The summed E-state index contributed by atoms with van der Waals surface area (Å²) in [5.74, 6) is -0.435. The van der Waals surface area contributed by atoms with Crippen molar-refractivity contribution < 1.29 is 19.4 Å². The number of hydrogen-bond donors (Lipinski definition) is 1. The largest absolute Gasteiger partial charge is 0.504 e. The average Bonchev–Trinajstić information content (AvgIpc) is 2.91. The molecular weight excluding hydrogens is 370 g/mol. The number of rotatable bonds is 5. The van der Waals surface area contributed by atoms with Gasteiger partial charge >= 0.3 is 0 Å². The molecule has 22 heavy (non-hydrogen) atoms. The zero-order chi connectivity index (χ0) is 16.3. The van der Waals surface area contributed by atoms with Crippen LogP contribution in [0.5, 0.6) is 11.5 Å². The molecule has 1 N–H and O–H groups in total. The van der Waals surface area contributed by atoms with E-state index in [1.165, 1.54) is 24.1 Å². The number of phenols is 1. The Morgan fingerprint density at radius 1 is 1.45 bits per heavy atom. The van der Waals surface area contributed by atoms with Crippen LogP contribution in [0.4, 0.5) is 0 Å². The van der Waals surface area contributed by atoms with Gasteiger partial charge in [0.2, 0.25) is 0 Å². The van der Waals surface area contributed by atoms with Gasteiger partial charge in [0.05, 0.1) is 12.7 Å². The molecule has 0 saturated heterocycles. The minimum atomic E-state index is -0.266. The fourth-order valence-corrected chi connectivity index (χ4v) is 3.39. The van der Waals surface area contributed by atoms with E-state index < -0.39 is 0 Å². The van der Waals surface area contributed by atoms with E-state index in [0.717, 1.165) is 10.0 Å². The lowest BCUT2D eigenvalue weighted by molar-refractivity contribution is 0.0784. The van der Waals surface area contributed by atoms with Crippen molar-refractivity contribution in [2.75, 3.05) is 14.2 Å². The Bertz CT molecular complexity index is 714. The van der Waals surface area contributed by atoms with Gasteiger partial charge in [0.15, 0.2) is 17.8 Å². The molecule has 2 aromatic rings. The molecule has 0 aliphatic rings. The number of carbonyl (C=O) groups excluding carboxylic acids is 2. The smallest absolute Gasteiger partial charge is 0.254 e. The van der Waals surface area contributed by atoms with E-state index in [0.29, 0.717) is 12.8 Å². The first kappa shape index (κ1) is 16.5.